The first-order chi connectivity index (χ1) is 10.6. The molecule has 1 aromatic heterocycles. The number of carbonyl (C=O) groups excluding carboxylic acids is 1. The van der Waals surface area contributed by atoms with Crippen molar-refractivity contribution in [2.45, 2.75) is 39.7 Å². The molecule has 0 atom stereocenters. The maximum atomic E-state index is 12.1. The largest absolute Gasteiger partial charge is 0.351 e. The Bertz CT molecular complexity index is 534. The smallest absolute Gasteiger partial charge is 0.241 e. The van der Waals surface area contributed by atoms with Crippen LogP contribution in [0, 0.1) is 13.8 Å². The average molecular weight is 323 g/mol. The third kappa shape index (κ3) is 4.69. The van der Waals surface area contributed by atoms with E-state index >= 15 is 0 Å². The van der Waals surface area contributed by atoms with Gasteiger partial charge in [0.2, 0.25) is 5.91 Å². The molecule has 1 fully saturated rings. The van der Waals surface area contributed by atoms with Gasteiger partial charge in [-0.25, -0.2) is 4.98 Å². The molecule has 0 aliphatic carbocycles. The number of likely N-dealkylation sites (tertiary alicyclic amines) is 1. The number of thiazole rings is 1. The van der Waals surface area contributed by atoms with Crippen LogP contribution >= 0.6 is 11.3 Å². The number of aromatic nitrogens is 1. The van der Waals surface area contributed by atoms with E-state index in [1.54, 1.807) is 18.4 Å². The van der Waals surface area contributed by atoms with Gasteiger partial charge >= 0.3 is 0 Å². The van der Waals surface area contributed by atoms with E-state index in [2.05, 4.69) is 20.6 Å². The van der Waals surface area contributed by atoms with Gasteiger partial charge in [-0.15, -0.1) is 11.3 Å². The van der Waals surface area contributed by atoms with Crippen molar-refractivity contribution >= 4 is 23.2 Å². The number of nitrogens with zero attached hydrogens (tertiary/aromatic N) is 3. The monoisotopic (exact) mass is 323 g/mol. The van der Waals surface area contributed by atoms with E-state index in [0.29, 0.717) is 19.0 Å². The van der Waals surface area contributed by atoms with Gasteiger partial charge in [-0.3, -0.25) is 9.79 Å². The molecular weight excluding hydrogens is 298 g/mol. The molecule has 2 heterocycles. The third-order valence-electron chi connectivity index (χ3n) is 3.76. The molecule has 0 aromatic carbocycles. The van der Waals surface area contributed by atoms with E-state index in [4.69, 9.17) is 0 Å². The fraction of sp³-hybridized carbons (Fsp3) is 0.667. The van der Waals surface area contributed by atoms with Gasteiger partial charge in [-0.2, -0.15) is 0 Å². The number of aryl methyl sites for hydroxylation is 2. The van der Waals surface area contributed by atoms with Crippen LogP contribution in [0.15, 0.2) is 4.99 Å². The van der Waals surface area contributed by atoms with Crippen molar-refractivity contribution in [3.05, 3.63) is 15.6 Å². The van der Waals surface area contributed by atoms with Gasteiger partial charge in [-0.05, 0) is 33.1 Å². The lowest BCUT2D eigenvalue weighted by Crippen LogP contribution is -2.45. The first-order valence-electron chi connectivity index (χ1n) is 7.75. The topological polar surface area (TPSA) is 69.6 Å². The van der Waals surface area contributed by atoms with Crippen molar-refractivity contribution in [2.24, 2.45) is 4.99 Å². The summed E-state index contributed by atoms with van der Waals surface area (Å²) in [6, 6.07) is 0. The predicted molar refractivity (Wildman–Crippen MR) is 90.2 cm³/mol. The van der Waals surface area contributed by atoms with Crippen LogP contribution in [0.1, 0.15) is 34.8 Å². The van der Waals surface area contributed by atoms with Crippen molar-refractivity contribution in [2.75, 3.05) is 26.7 Å². The maximum absolute atomic E-state index is 12.1. The number of aliphatic imine (C=N–C) groups is 1. The molecule has 122 valence electrons. The molecule has 1 aromatic rings. The zero-order valence-corrected chi connectivity index (χ0v) is 14.4. The molecule has 6 nitrogen and oxygen atoms in total. The van der Waals surface area contributed by atoms with E-state index in [-0.39, 0.29) is 5.91 Å². The van der Waals surface area contributed by atoms with Crippen LogP contribution in [0.25, 0.3) is 0 Å². The Morgan fingerprint density at radius 1 is 1.27 bits per heavy atom. The van der Waals surface area contributed by atoms with Crippen molar-refractivity contribution < 1.29 is 4.79 Å². The van der Waals surface area contributed by atoms with Crippen LogP contribution in [-0.2, 0) is 11.3 Å². The first kappa shape index (κ1) is 16.7. The van der Waals surface area contributed by atoms with Crippen molar-refractivity contribution in [3.63, 3.8) is 0 Å². The fourth-order valence-electron chi connectivity index (χ4n) is 2.54. The maximum Gasteiger partial charge on any atom is 0.241 e. The van der Waals surface area contributed by atoms with Crippen LogP contribution in [0.5, 0.6) is 0 Å². The quantitative estimate of drug-likeness (QED) is 0.650. The molecular formula is C15H25N5OS. The summed E-state index contributed by atoms with van der Waals surface area (Å²) in [5, 5.41) is 7.40. The molecule has 1 saturated heterocycles. The number of nitrogens with one attached hydrogen (secondary N) is 2. The van der Waals surface area contributed by atoms with Gasteiger partial charge in [0.25, 0.3) is 0 Å². The normalized spacial score (nSPS) is 15.8. The zero-order chi connectivity index (χ0) is 15.9. The van der Waals surface area contributed by atoms with E-state index in [9.17, 15) is 4.79 Å². The van der Waals surface area contributed by atoms with Gasteiger partial charge in [0, 0.05) is 25.0 Å². The molecule has 1 aliphatic heterocycles. The second-order valence-corrected chi connectivity index (χ2v) is 6.75. The summed E-state index contributed by atoms with van der Waals surface area (Å²) in [7, 11) is 1.71. The van der Waals surface area contributed by atoms with Crippen LogP contribution in [0.3, 0.4) is 0 Å². The number of rotatable bonds is 4. The molecule has 7 heteroatoms. The first-order valence-corrected chi connectivity index (χ1v) is 8.57. The highest BCUT2D eigenvalue weighted by atomic mass is 32.1. The van der Waals surface area contributed by atoms with E-state index in [1.807, 2.05) is 18.7 Å². The lowest BCUT2D eigenvalue weighted by molar-refractivity contribution is -0.130. The number of amides is 1. The van der Waals surface area contributed by atoms with E-state index < -0.39 is 0 Å². The summed E-state index contributed by atoms with van der Waals surface area (Å²) in [5.74, 6) is 0.795. The summed E-state index contributed by atoms with van der Waals surface area (Å²) in [5.41, 5.74) is 1.05. The summed E-state index contributed by atoms with van der Waals surface area (Å²) in [6.07, 6.45) is 3.46. The van der Waals surface area contributed by atoms with E-state index in [0.717, 1.165) is 36.6 Å². The molecule has 2 N–H and O–H groups in total. The van der Waals surface area contributed by atoms with Gasteiger partial charge in [0.1, 0.15) is 0 Å². The molecule has 2 rings (SSSR count). The molecule has 0 radical (unpaired) electrons. The number of guanidine groups is 1. The third-order valence-corrected chi connectivity index (χ3v) is 4.83. The van der Waals surface area contributed by atoms with Crippen LogP contribution in [-0.4, -0.2) is 48.4 Å². The molecule has 1 aliphatic rings. The molecule has 0 bridgehead atoms. The fourth-order valence-corrected chi connectivity index (χ4v) is 3.41. The van der Waals surface area contributed by atoms with Crippen LogP contribution in [0.4, 0.5) is 0 Å². The zero-order valence-electron chi connectivity index (χ0n) is 13.6. The molecule has 0 saturated carbocycles. The van der Waals surface area contributed by atoms with Gasteiger partial charge < -0.3 is 15.5 Å². The highest BCUT2D eigenvalue weighted by Crippen LogP contribution is 2.16. The highest BCUT2D eigenvalue weighted by molar-refractivity contribution is 7.11. The summed E-state index contributed by atoms with van der Waals surface area (Å²) in [6.45, 7) is 6.75. The Morgan fingerprint density at radius 3 is 2.59 bits per heavy atom. The minimum absolute atomic E-state index is 0.146. The minimum Gasteiger partial charge on any atom is -0.351 e. The second kappa shape index (κ2) is 8.12. The van der Waals surface area contributed by atoms with Gasteiger partial charge in [0.05, 0.1) is 23.8 Å². The van der Waals surface area contributed by atoms with Gasteiger partial charge in [0.15, 0.2) is 5.96 Å². The second-order valence-electron chi connectivity index (χ2n) is 5.46. The highest BCUT2D eigenvalue weighted by Gasteiger charge is 2.16. The molecule has 0 spiro atoms. The Balaban J connectivity index is 1.77. The van der Waals surface area contributed by atoms with Crippen molar-refractivity contribution in [3.8, 4) is 0 Å². The Labute approximate surface area is 136 Å². The van der Waals surface area contributed by atoms with Crippen molar-refractivity contribution in [1.82, 2.24) is 20.5 Å². The summed E-state index contributed by atoms with van der Waals surface area (Å²) in [4.78, 5) is 23.8. The summed E-state index contributed by atoms with van der Waals surface area (Å²) >= 11 is 1.68. The Kier molecular flexibility index (Phi) is 6.18. The lowest BCUT2D eigenvalue weighted by atomic mass is 10.1. The number of hydrogen-bond donors (Lipinski definition) is 2. The minimum atomic E-state index is 0.146. The SMILES string of the molecule is CN=C(NCC(=O)N1CCCCC1)NCc1sc(C)nc1C. The van der Waals surface area contributed by atoms with Crippen molar-refractivity contribution in [1.29, 1.82) is 0 Å². The number of carbonyl (C=O) groups is 1. The van der Waals surface area contributed by atoms with E-state index in [1.165, 1.54) is 11.3 Å². The van der Waals surface area contributed by atoms with Crippen LogP contribution in [0.2, 0.25) is 0 Å². The van der Waals surface area contributed by atoms with Crippen LogP contribution < -0.4 is 10.6 Å². The molecule has 22 heavy (non-hydrogen) atoms. The molecule has 1 amide bonds. The lowest BCUT2D eigenvalue weighted by Gasteiger charge is -2.27. The number of hydrogen-bond acceptors (Lipinski definition) is 4. The van der Waals surface area contributed by atoms with Gasteiger partial charge in [-0.1, -0.05) is 0 Å². The Hall–Kier alpha value is -1.63. The molecule has 0 unspecified atom stereocenters. The average Bonchev–Trinajstić information content (AvgIpc) is 2.86. The standard InChI is InChI=1S/C15H25N5OS/c1-11-13(22-12(2)19-11)9-17-15(16-3)18-10-14(21)20-7-5-4-6-8-20/h4-10H2,1-3H3,(H2,16,17,18). The summed E-state index contributed by atoms with van der Waals surface area (Å²) < 4.78 is 0. The predicted octanol–water partition coefficient (Wildman–Crippen LogP) is 1.44. The number of piperidine rings is 1. The Morgan fingerprint density at radius 2 is 2.00 bits per heavy atom.